The molecule has 0 saturated carbocycles. The number of halogens is 3. The monoisotopic (exact) mass is 220 g/mol. The molecular formula is C4H7F3O3SSi. The highest BCUT2D eigenvalue weighted by Crippen LogP contribution is 2.08. The van der Waals surface area contributed by atoms with Crippen molar-refractivity contribution in [3.05, 3.63) is 11.8 Å². The lowest BCUT2D eigenvalue weighted by molar-refractivity contribution is 0.361. The van der Waals surface area contributed by atoms with Crippen LogP contribution in [0, 0.1) is 0 Å². The van der Waals surface area contributed by atoms with E-state index in [1.165, 1.54) is 0 Å². The Balaban J connectivity index is 3.80. The quantitative estimate of drug-likeness (QED) is 0.402. The molecule has 0 aromatic carbocycles. The van der Waals surface area contributed by atoms with Crippen LogP contribution in [0.4, 0.5) is 12.3 Å². The molecule has 0 aliphatic carbocycles. The average molecular weight is 220 g/mol. The Bertz CT molecular complexity index is 255. The first kappa shape index (κ1) is 11.7. The lowest BCUT2D eigenvalue weighted by Crippen LogP contribution is -2.11. The van der Waals surface area contributed by atoms with E-state index < -0.39 is 25.8 Å². The second-order valence-electron chi connectivity index (χ2n) is 1.93. The summed E-state index contributed by atoms with van der Waals surface area (Å²) >= 11 is 0. The van der Waals surface area contributed by atoms with Gasteiger partial charge in [-0.3, -0.25) is 4.18 Å². The molecule has 0 aliphatic rings. The average Bonchev–Trinajstić information content (AvgIpc) is 1.76. The topological polar surface area (TPSA) is 43.4 Å². The second-order valence-corrected chi connectivity index (χ2v) is 4.99. The van der Waals surface area contributed by atoms with Gasteiger partial charge in [0.05, 0.1) is 12.9 Å². The van der Waals surface area contributed by atoms with E-state index >= 15 is 0 Å². The molecule has 0 saturated heterocycles. The second kappa shape index (κ2) is 4.05. The maximum absolute atomic E-state index is 11.5. The molecular weight excluding hydrogens is 213 g/mol. The Labute approximate surface area is 69.5 Å². The first-order valence-corrected chi connectivity index (χ1v) is 6.32. The van der Waals surface area contributed by atoms with E-state index in [-0.39, 0.29) is 5.70 Å². The van der Waals surface area contributed by atoms with E-state index in [0.29, 0.717) is 6.08 Å². The van der Waals surface area contributed by atoms with Gasteiger partial charge in [-0.25, -0.2) is 12.3 Å². The van der Waals surface area contributed by atoms with Crippen molar-refractivity contribution in [2.24, 2.45) is 0 Å². The van der Waals surface area contributed by atoms with E-state index in [4.69, 9.17) is 0 Å². The summed E-state index contributed by atoms with van der Waals surface area (Å²) in [6.07, 6.45) is 1.42. The number of hydrogen-bond acceptors (Lipinski definition) is 3. The smallest absolute Gasteiger partial charge is 0.266 e. The molecule has 0 unspecified atom stereocenters. The number of rotatable bonds is 4. The first-order valence-electron chi connectivity index (χ1n) is 2.79. The van der Waals surface area contributed by atoms with E-state index in [1.807, 2.05) is 0 Å². The summed E-state index contributed by atoms with van der Waals surface area (Å²) in [6, 6.07) is 0. The van der Waals surface area contributed by atoms with Crippen molar-refractivity contribution < 1.29 is 24.9 Å². The Kier molecular flexibility index (Phi) is 3.94. The van der Waals surface area contributed by atoms with Crippen LogP contribution in [0.5, 0.6) is 0 Å². The summed E-state index contributed by atoms with van der Waals surface area (Å²) in [6.45, 7) is -0.564. The maximum Gasteiger partial charge on any atom is 0.645 e. The van der Waals surface area contributed by atoms with Gasteiger partial charge in [-0.2, -0.15) is 8.42 Å². The van der Waals surface area contributed by atoms with Crippen molar-refractivity contribution >= 4 is 19.2 Å². The zero-order valence-electron chi connectivity index (χ0n) is 6.13. The third-order valence-corrected chi connectivity index (χ3v) is 1.86. The van der Waals surface area contributed by atoms with Gasteiger partial charge in [-0.05, 0) is 5.70 Å². The molecule has 0 aromatic heterocycles. The zero-order valence-corrected chi connectivity index (χ0v) is 7.95. The molecule has 0 aromatic rings. The van der Waals surface area contributed by atoms with Gasteiger partial charge in [0.1, 0.15) is 0 Å². The Morgan fingerprint density at radius 1 is 1.42 bits per heavy atom. The van der Waals surface area contributed by atoms with Crippen LogP contribution in [0.3, 0.4) is 0 Å². The van der Waals surface area contributed by atoms with Gasteiger partial charge in [-0.1, -0.05) is 6.08 Å². The van der Waals surface area contributed by atoms with E-state index in [1.54, 1.807) is 0 Å². The maximum atomic E-state index is 11.5. The van der Waals surface area contributed by atoms with Gasteiger partial charge >= 0.3 is 9.08 Å². The van der Waals surface area contributed by atoms with Gasteiger partial charge in [0, 0.05) is 0 Å². The molecule has 72 valence electrons. The molecule has 0 aliphatic heterocycles. The Morgan fingerprint density at radius 3 is 2.25 bits per heavy atom. The van der Waals surface area contributed by atoms with Gasteiger partial charge in [0.15, 0.2) is 0 Å². The van der Waals surface area contributed by atoms with Crippen LogP contribution in [-0.4, -0.2) is 30.4 Å². The van der Waals surface area contributed by atoms with Crippen molar-refractivity contribution in [1.82, 2.24) is 0 Å². The van der Waals surface area contributed by atoms with Crippen LogP contribution in [-0.2, 0) is 14.3 Å². The minimum atomic E-state index is -5.71. The fourth-order valence-corrected chi connectivity index (χ4v) is 1.03. The zero-order chi connectivity index (χ0) is 9.83. The summed E-state index contributed by atoms with van der Waals surface area (Å²) in [4.78, 5) is 0. The van der Waals surface area contributed by atoms with Crippen LogP contribution in [0.15, 0.2) is 11.8 Å². The van der Waals surface area contributed by atoms with Crippen LogP contribution in [0.2, 0.25) is 0 Å². The number of hydrogen-bond donors (Lipinski definition) is 0. The molecule has 12 heavy (non-hydrogen) atoms. The largest absolute Gasteiger partial charge is 0.645 e. The predicted molar refractivity (Wildman–Crippen MR) is 39.0 cm³/mol. The highest BCUT2D eigenvalue weighted by Gasteiger charge is 2.32. The van der Waals surface area contributed by atoms with Crippen molar-refractivity contribution in [2.75, 3.05) is 12.9 Å². The highest BCUT2D eigenvalue weighted by atomic mass is 32.2. The van der Waals surface area contributed by atoms with Crippen LogP contribution < -0.4 is 0 Å². The van der Waals surface area contributed by atoms with Crippen molar-refractivity contribution in [3.8, 4) is 0 Å². The van der Waals surface area contributed by atoms with E-state index in [9.17, 15) is 20.7 Å². The molecule has 0 N–H and O–H groups in total. The molecule has 0 rings (SSSR count). The van der Waals surface area contributed by atoms with Crippen molar-refractivity contribution in [1.29, 1.82) is 0 Å². The summed E-state index contributed by atoms with van der Waals surface area (Å²) < 4.78 is 59.1. The third kappa shape index (κ3) is 9.66. The summed E-state index contributed by atoms with van der Waals surface area (Å²) in [5, 5.41) is 0. The predicted octanol–water partition coefficient (Wildman–Crippen LogP) is 0.905. The molecule has 0 atom stereocenters. The summed E-state index contributed by atoms with van der Waals surface area (Å²) in [7, 11) is -9.35. The molecule has 0 fully saturated rings. The first-order chi connectivity index (χ1) is 5.21. The normalized spacial score (nSPS) is 14.0. The molecule has 0 radical (unpaired) electrons. The van der Waals surface area contributed by atoms with Gasteiger partial charge < -0.3 is 0 Å². The van der Waals surface area contributed by atoms with Crippen LogP contribution in [0.25, 0.3) is 0 Å². The van der Waals surface area contributed by atoms with Crippen LogP contribution >= 0.6 is 0 Å². The van der Waals surface area contributed by atoms with Gasteiger partial charge in [0.25, 0.3) is 10.1 Å². The summed E-state index contributed by atoms with van der Waals surface area (Å²) in [5.74, 6) is 0. The van der Waals surface area contributed by atoms with Crippen molar-refractivity contribution in [3.63, 3.8) is 0 Å². The lowest BCUT2D eigenvalue weighted by Gasteiger charge is -1.95. The minimum absolute atomic E-state index is 0.0538. The third-order valence-electron chi connectivity index (χ3n) is 0.685. The molecule has 0 bridgehead atoms. The SMILES string of the molecule is CS(=O)(=O)OC/C=C/[Si](F)(F)F. The molecule has 8 heteroatoms. The van der Waals surface area contributed by atoms with E-state index in [0.717, 1.165) is 6.26 Å². The standard InChI is InChI=1S/C4H7F3O3SSi/c1-11(8,9)10-3-2-4-12(5,6)7/h2,4H,3H2,1H3/b4-2+. The fourth-order valence-electron chi connectivity index (χ4n) is 0.345. The molecule has 0 heterocycles. The highest BCUT2D eigenvalue weighted by molar-refractivity contribution is 7.85. The van der Waals surface area contributed by atoms with Crippen LogP contribution in [0.1, 0.15) is 0 Å². The minimum Gasteiger partial charge on any atom is -0.266 e. The molecule has 0 amide bonds. The Morgan fingerprint density at radius 2 is 1.92 bits per heavy atom. The van der Waals surface area contributed by atoms with Crippen molar-refractivity contribution in [2.45, 2.75) is 0 Å². The fraction of sp³-hybridized carbons (Fsp3) is 0.500. The van der Waals surface area contributed by atoms with Gasteiger partial charge in [-0.15, -0.1) is 0 Å². The molecule has 0 spiro atoms. The Hall–Kier alpha value is -0.343. The molecule has 3 nitrogen and oxygen atoms in total. The van der Waals surface area contributed by atoms with E-state index in [2.05, 4.69) is 4.18 Å². The summed E-state index contributed by atoms with van der Waals surface area (Å²) in [5.41, 5.74) is 0.0538. The lowest BCUT2D eigenvalue weighted by atomic mass is 10.7. The van der Waals surface area contributed by atoms with Gasteiger partial charge in [0.2, 0.25) is 0 Å².